The van der Waals surface area contributed by atoms with E-state index in [1.165, 1.54) is 24.2 Å². The van der Waals surface area contributed by atoms with Gasteiger partial charge in [-0.05, 0) is 51.8 Å². The van der Waals surface area contributed by atoms with Crippen LogP contribution >= 0.6 is 23.7 Å². The Morgan fingerprint density at radius 3 is 2.79 bits per heavy atom. The van der Waals surface area contributed by atoms with Gasteiger partial charge in [-0.3, -0.25) is 9.69 Å². The summed E-state index contributed by atoms with van der Waals surface area (Å²) in [5.41, 5.74) is 5.63. The van der Waals surface area contributed by atoms with E-state index in [0.717, 1.165) is 23.3 Å². The van der Waals surface area contributed by atoms with Gasteiger partial charge in [0.25, 0.3) is 5.91 Å². The Bertz CT molecular complexity index is 769. The predicted octanol–water partition coefficient (Wildman–Crippen LogP) is 2.30. The van der Waals surface area contributed by atoms with E-state index in [-0.39, 0.29) is 35.8 Å². The van der Waals surface area contributed by atoms with Crippen molar-refractivity contribution in [1.82, 2.24) is 20.2 Å². The molecule has 3 aliphatic heterocycles. The molecule has 3 fully saturated rings. The molecule has 0 saturated carbocycles. The van der Waals surface area contributed by atoms with Crippen molar-refractivity contribution in [3.8, 4) is 0 Å². The molecular weight excluding hydrogens is 346 g/mol. The van der Waals surface area contributed by atoms with Crippen LogP contribution in [0.1, 0.15) is 36.4 Å². The van der Waals surface area contributed by atoms with Gasteiger partial charge in [0.1, 0.15) is 4.83 Å². The van der Waals surface area contributed by atoms with Crippen LogP contribution in [-0.2, 0) is 0 Å². The third-order valence-corrected chi connectivity index (χ3v) is 6.43. The molecule has 3 saturated heterocycles. The van der Waals surface area contributed by atoms with Crippen LogP contribution in [0.15, 0.2) is 12.3 Å². The minimum absolute atomic E-state index is 0. The number of piperidine rings is 3. The first-order chi connectivity index (χ1) is 10.9. The number of nitrogens with one attached hydrogen (secondary N) is 1. The monoisotopic (exact) mass is 367 g/mol. The van der Waals surface area contributed by atoms with Gasteiger partial charge >= 0.3 is 0 Å². The molecule has 24 heavy (non-hydrogen) atoms. The van der Waals surface area contributed by atoms with E-state index < -0.39 is 0 Å². The number of anilines is 1. The van der Waals surface area contributed by atoms with E-state index >= 15 is 0 Å². The molecule has 0 spiro atoms. The van der Waals surface area contributed by atoms with Gasteiger partial charge in [-0.15, -0.1) is 23.7 Å². The minimum Gasteiger partial charge on any atom is -0.368 e. The molecule has 6 nitrogen and oxygen atoms in total. The van der Waals surface area contributed by atoms with Crippen LogP contribution in [0.25, 0.3) is 10.2 Å². The van der Waals surface area contributed by atoms with E-state index in [9.17, 15) is 4.79 Å². The fourth-order valence-corrected chi connectivity index (χ4v) is 4.96. The molecule has 0 aliphatic carbocycles. The first kappa shape index (κ1) is 17.4. The van der Waals surface area contributed by atoms with Crippen molar-refractivity contribution in [3.63, 3.8) is 0 Å². The Balaban J connectivity index is 0.00000169. The third kappa shape index (κ3) is 2.74. The second-order valence-corrected chi connectivity index (χ2v) is 8.06. The standard InChI is InChI=1S/C16H21N5OS.ClH/c1-16(2)12(9-3-5-21(16)6-4-9)19-13(22)11-7-10-8-18-15(17)20-14(10)23-11;/h7-9,12H,3-6H2,1-2H3,(H,19,22)(H2,17,18,20);1H/t12-;/m1./s1. The Labute approximate surface area is 151 Å². The highest BCUT2D eigenvalue weighted by Gasteiger charge is 2.48. The number of carbonyl (C=O) groups excluding carboxylic acids is 1. The highest BCUT2D eigenvalue weighted by molar-refractivity contribution is 7.20. The average Bonchev–Trinajstić information content (AvgIpc) is 2.94. The number of hydrogen-bond donors (Lipinski definition) is 2. The van der Waals surface area contributed by atoms with E-state index in [4.69, 9.17) is 5.73 Å². The molecule has 8 heteroatoms. The first-order valence-electron chi connectivity index (χ1n) is 8.03. The Hall–Kier alpha value is -1.44. The lowest BCUT2D eigenvalue weighted by Gasteiger charge is -2.56. The Morgan fingerprint density at radius 1 is 1.42 bits per heavy atom. The lowest BCUT2D eigenvalue weighted by atomic mass is 9.72. The number of aromatic nitrogens is 2. The molecule has 130 valence electrons. The van der Waals surface area contributed by atoms with Crippen molar-refractivity contribution >= 4 is 45.8 Å². The molecule has 1 atom stereocenters. The number of hydrogen-bond acceptors (Lipinski definition) is 6. The molecule has 1 amide bonds. The molecule has 0 unspecified atom stereocenters. The summed E-state index contributed by atoms with van der Waals surface area (Å²) in [5, 5.41) is 4.15. The number of nitrogen functional groups attached to an aromatic ring is 1. The Morgan fingerprint density at radius 2 is 2.12 bits per heavy atom. The smallest absolute Gasteiger partial charge is 0.261 e. The van der Waals surface area contributed by atoms with E-state index in [0.29, 0.717) is 10.8 Å². The summed E-state index contributed by atoms with van der Waals surface area (Å²) >= 11 is 1.37. The first-order valence-corrected chi connectivity index (χ1v) is 8.85. The van der Waals surface area contributed by atoms with Gasteiger partial charge in [0.2, 0.25) is 5.95 Å². The van der Waals surface area contributed by atoms with Crippen molar-refractivity contribution in [1.29, 1.82) is 0 Å². The summed E-state index contributed by atoms with van der Waals surface area (Å²) in [7, 11) is 0. The molecule has 3 aliphatic rings. The van der Waals surface area contributed by atoms with Gasteiger partial charge in [-0.2, -0.15) is 0 Å². The van der Waals surface area contributed by atoms with E-state index in [1.54, 1.807) is 6.20 Å². The van der Waals surface area contributed by atoms with Crippen molar-refractivity contribution in [2.45, 2.75) is 38.3 Å². The van der Waals surface area contributed by atoms with E-state index in [2.05, 4.69) is 34.0 Å². The summed E-state index contributed by atoms with van der Waals surface area (Å²) < 4.78 is 0. The maximum Gasteiger partial charge on any atom is 0.261 e. The summed E-state index contributed by atoms with van der Waals surface area (Å²) in [6.07, 6.45) is 4.01. The zero-order chi connectivity index (χ0) is 16.2. The van der Waals surface area contributed by atoms with E-state index in [1.807, 2.05) is 6.07 Å². The molecule has 2 aromatic rings. The molecule has 0 aromatic carbocycles. The molecule has 2 aromatic heterocycles. The molecule has 0 radical (unpaired) electrons. The van der Waals surface area contributed by atoms with Crippen LogP contribution in [0.5, 0.6) is 0 Å². The van der Waals surface area contributed by atoms with Crippen molar-refractivity contribution < 1.29 is 4.79 Å². The van der Waals surface area contributed by atoms with Gasteiger partial charge in [0.15, 0.2) is 0 Å². The van der Waals surface area contributed by atoms with Gasteiger partial charge in [0, 0.05) is 23.2 Å². The normalized spacial score (nSPS) is 27.7. The Kier molecular flexibility index (Phi) is 4.44. The predicted molar refractivity (Wildman–Crippen MR) is 98.7 cm³/mol. The number of nitrogens with zero attached hydrogens (tertiary/aromatic N) is 3. The quantitative estimate of drug-likeness (QED) is 0.850. The van der Waals surface area contributed by atoms with Crippen LogP contribution in [0.4, 0.5) is 5.95 Å². The summed E-state index contributed by atoms with van der Waals surface area (Å²) in [6, 6.07) is 2.04. The summed E-state index contributed by atoms with van der Waals surface area (Å²) in [6.45, 7) is 6.75. The highest BCUT2D eigenvalue weighted by Crippen LogP contribution is 2.39. The SMILES string of the molecule is CC1(C)[C@H](NC(=O)c2cc3cnc(N)nc3s2)C2CCN1CC2.Cl. The molecule has 2 bridgehead atoms. The maximum atomic E-state index is 12.7. The average molecular weight is 368 g/mol. The number of amides is 1. The summed E-state index contributed by atoms with van der Waals surface area (Å²) in [4.78, 5) is 24.8. The van der Waals surface area contributed by atoms with Gasteiger partial charge < -0.3 is 11.1 Å². The van der Waals surface area contributed by atoms with Gasteiger partial charge in [-0.25, -0.2) is 9.97 Å². The van der Waals surface area contributed by atoms with Gasteiger partial charge in [-0.1, -0.05) is 0 Å². The highest BCUT2D eigenvalue weighted by atomic mass is 35.5. The number of thiophene rings is 1. The van der Waals surface area contributed by atoms with Crippen molar-refractivity contribution in [2.24, 2.45) is 5.92 Å². The zero-order valence-electron chi connectivity index (χ0n) is 13.8. The van der Waals surface area contributed by atoms with Crippen LogP contribution in [0, 0.1) is 5.92 Å². The number of rotatable bonds is 2. The minimum atomic E-state index is -0.0154. The third-order valence-electron chi connectivity index (χ3n) is 5.39. The fraction of sp³-hybridized carbons (Fsp3) is 0.562. The van der Waals surface area contributed by atoms with Crippen LogP contribution in [-0.4, -0.2) is 45.4 Å². The summed E-state index contributed by atoms with van der Waals surface area (Å²) in [5.74, 6) is 0.798. The largest absolute Gasteiger partial charge is 0.368 e. The topological polar surface area (TPSA) is 84.1 Å². The second-order valence-electron chi connectivity index (χ2n) is 7.03. The van der Waals surface area contributed by atoms with Crippen LogP contribution < -0.4 is 11.1 Å². The zero-order valence-corrected chi connectivity index (χ0v) is 15.4. The number of carbonyl (C=O) groups is 1. The molecule has 3 N–H and O–H groups in total. The van der Waals surface area contributed by atoms with Crippen molar-refractivity contribution in [2.75, 3.05) is 18.8 Å². The lowest BCUT2D eigenvalue weighted by Crippen LogP contribution is -2.69. The van der Waals surface area contributed by atoms with Crippen LogP contribution in [0.2, 0.25) is 0 Å². The fourth-order valence-electron chi connectivity index (χ4n) is 4.05. The number of fused-ring (bicyclic) bond motifs is 4. The molecule has 5 heterocycles. The number of halogens is 1. The van der Waals surface area contributed by atoms with Crippen molar-refractivity contribution in [3.05, 3.63) is 17.1 Å². The van der Waals surface area contributed by atoms with Gasteiger partial charge in [0.05, 0.1) is 4.88 Å². The van der Waals surface area contributed by atoms with Crippen LogP contribution in [0.3, 0.4) is 0 Å². The molecular formula is C16H22ClN5OS. The number of nitrogens with two attached hydrogens (primary N) is 1. The lowest BCUT2D eigenvalue weighted by molar-refractivity contribution is -0.0377. The molecule has 5 rings (SSSR count). The second kappa shape index (κ2) is 6.13. The maximum absolute atomic E-state index is 12.7.